The molecule has 6 heteroatoms. The van der Waals surface area contributed by atoms with Gasteiger partial charge in [-0.05, 0) is 30.5 Å². The van der Waals surface area contributed by atoms with Crippen LogP contribution in [0, 0.1) is 0 Å². The van der Waals surface area contributed by atoms with Crippen molar-refractivity contribution >= 4 is 34.0 Å². The van der Waals surface area contributed by atoms with Gasteiger partial charge in [0.25, 0.3) is 0 Å². The van der Waals surface area contributed by atoms with Gasteiger partial charge in [-0.25, -0.2) is 4.98 Å². The first-order chi connectivity index (χ1) is 10.2. The third-order valence-electron chi connectivity index (χ3n) is 3.81. The van der Waals surface area contributed by atoms with Crippen LogP contribution < -0.4 is 5.32 Å². The molecule has 2 aromatic rings. The van der Waals surface area contributed by atoms with E-state index in [0.29, 0.717) is 36.2 Å². The Balaban J connectivity index is 1.94. The van der Waals surface area contributed by atoms with E-state index in [9.17, 15) is 4.79 Å². The van der Waals surface area contributed by atoms with Crippen molar-refractivity contribution in [2.75, 3.05) is 18.5 Å². The zero-order valence-corrected chi connectivity index (χ0v) is 12.9. The summed E-state index contributed by atoms with van der Waals surface area (Å²) >= 11 is 7.51. The predicted molar refractivity (Wildman–Crippen MR) is 83.9 cm³/mol. The standard InChI is InChI=1S/C15H15ClN2O2S/c16-12-3-1-2-11(10-12)15(4-7-20-8-5-15)13(19)18-14-17-6-9-21-14/h1-3,6,9-10H,4-5,7-8H2,(H,17,18,19). The van der Waals surface area contributed by atoms with Crippen LogP contribution in [-0.4, -0.2) is 24.1 Å². The molecule has 1 saturated heterocycles. The van der Waals surface area contributed by atoms with Crippen LogP contribution >= 0.6 is 22.9 Å². The molecule has 1 aromatic carbocycles. The van der Waals surface area contributed by atoms with Crippen molar-refractivity contribution in [2.45, 2.75) is 18.3 Å². The number of carbonyl (C=O) groups excluding carboxylic acids is 1. The molecule has 1 aliphatic rings. The number of aromatic nitrogens is 1. The molecule has 4 nitrogen and oxygen atoms in total. The summed E-state index contributed by atoms with van der Waals surface area (Å²) in [6, 6.07) is 7.52. The number of carbonyl (C=O) groups is 1. The minimum Gasteiger partial charge on any atom is -0.381 e. The van der Waals surface area contributed by atoms with Crippen LogP contribution in [-0.2, 0) is 14.9 Å². The first kappa shape index (κ1) is 14.5. The molecule has 110 valence electrons. The maximum Gasteiger partial charge on any atom is 0.236 e. The average Bonchev–Trinajstić information content (AvgIpc) is 3.01. The fourth-order valence-electron chi connectivity index (χ4n) is 2.65. The lowest BCUT2D eigenvalue weighted by Gasteiger charge is -2.36. The average molecular weight is 323 g/mol. The number of nitrogens with one attached hydrogen (secondary N) is 1. The number of hydrogen-bond acceptors (Lipinski definition) is 4. The van der Waals surface area contributed by atoms with Gasteiger partial charge in [-0.2, -0.15) is 0 Å². The molecule has 1 aromatic heterocycles. The van der Waals surface area contributed by atoms with Crippen LogP contribution in [0.25, 0.3) is 0 Å². The molecule has 0 saturated carbocycles. The summed E-state index contributed by atoms with van der Waals surface area (Å²) in [5.74, 6) is -0.0389. The molecule has 0 aliphatic carbocycles. The summed E-state index contributed by atoms with van der Waals surface area (Å²) in [6.07, 6.45) is 2.96. The molecule has 1 N–H and O–H groups in total. The van der Waals surface area contributed by atoms with Gasteiger partial charge >= 0.3 is 0 Å². The second kappa shape index (κ2) is 6.13. The normalized spacial score (nSPS) is 17.4. The number of hydrogen-bond donors (Lipinski definition) is 1. The number of thiazole rings is 1. The van der Waals surface area contributed by atoms with Crippen molar-refractivity contribution < 1.29 is 9.53 Å². The molecule has 0 bridgehead atoms. The maximum atomic E-state index is 12.9. The number of anilines is 1. The summed E-state index contributed by atoms with van der Waals surface area (Å²) < 4.78 is 5.44. The highest BCUT2D eigenvalue weighted by atomic mass is 35.5. The Morgan fingerprint density at radius 3 is 2.86 bits per heavy atom. The van der Waals surface area contributed by atoms with Gasteiger partial charge in [-0.15, -0.1) is 11.3 Å². The van der Waals surface area contributed by atoms with Gasteiger partial charge < -0.3 is 10.1 Å². The number of benzene rings is 1. The van der Waals surface area contributed by atoms with Gasteiger partial charge in [0.1, 0.15) is 0 Å². The summed E-state index contributed by atoms with van der Waals surface area (Å²) in [5, 5.41) is 6.02. The quantitative estimate of drug-likeness (QED) is 0.941. The maximum absolute atomic E-state index is 12.9. The van der Waals surface area contributed by atoms with E-state index >= 15 is 0 Å². The van der Waals surface area contributed by atoms with Crippen LogP contribution in [0.2, 0.25) is 5.02 Å². The predicted octanol–water partition coefficient (Wildman–Crippen LogP) is 3.48. The molecule has 3 rings (SSSR count). The Kier molecular flexibility index (Phi) is 4.24. The van der Waals surface area contributed by atoms with E-state index in [1.54, 1.807) is 6.20 Å². The third-order valence-corrected chi connectivity index (χ3v) is 4.73. The molecule has 1 aliphatic heterocycles. The van der Waals surface area contributed by atoms with Crippen molar-refractivity contribution in [1.82, 2.24) is 4.98 Å². The Hall–Kier alpha value is -1.43. The van der Waals surface area contributed by atoms with Crippen molar-refractivity contribution in [3.8, 4) is 0 Å². The van der Waals surface area contributed by atoms with Crippen LogP contribution in [0.1, 0.15) is 18.4 Å². The number of nitrogens with zero attached hydrogens (tertiary/aromatic N) is 1. The lowest BCUT2D eigenvalue weighted by molar-refractivity contribution is -0.125. The first-order valence-electron chi connectivity index (χ1n) is 6.75. The summed E-state index contributed by atoms with van der Waals surface area (Å²) in [5.41, 5.74) is 0.335. The van der Waals surface area contributed by atoms with Gasteiger partial charge in [-0.1, -0.05) is 23.7 Å². The summed E-state index contributed by atoms with van der Waals surface area (Å²) in [7, 11) is 0. The molecule has 2 heterocycles. The van der Waals surface area contributed by atoms with E-state index in [0.717, 1.165) is 5.56 Å². The second-order valence-corrected chi connectivity index (χ2v) is 6.33. The van der Waals surface area contributed by atoms with E-state index in [-0.39, 0.29) is 5.91 Å². The highest BCUT2D eigenvalue weighted by Gasteiger charge is 2.42. The second-order valence-electron chi connectivity index (χ2n) is 5.00. The minimum atomic E-state index is -0.602. The van der Waals surface area contributed by atoms with Gasteiger partial charge in [0.2, 0.25) is 5.91 Å². The molecule has 0 spiro atoms. The number of amides is 1. The monoisotopic (exact) mass is 322 g/mol. The smallest absolute Gasteiger partial charge is 0.236 e. The summed E-state index contributed by atoms with van der Waals surface area (Å²) in [4.78, 5) is 17.0. The zero-order valence-electron chi connectivity index (χ0n) is 11.3. The van der Waals surface area contributed by atoms with Crippen molar-refractivity contribution in [1.29, 1.82) is 0 Å². The number of ether oxygens (including phenoxy) is 1. The van der Waals surface area contributed by atoms with Gasteiger partial charge in [-0.3, -0.25) is 4.79 Å². The van der Waals surface area contributed by atoms with Crippen molar-refractivity contribution in [3.63, 3.8) is 0 Å². The van der Waals surface area contributed by atoms with Crippen LogP contribution in [0.5, 0.6) is 0 Å². The molecular formula is C15H15ClN2O2S. The van der Waals surface area contributed by atoms with E-state index in [1.165, 1.54) is 11.3 Å². The lowest BCUT2D eigenvalue weighted by atomic mass is 9.73. The Morgan fingerprint density at radius 1 is 1.38 bits per heavy atom. The molecule has 1 amide bonds. The highest BCUT2D eigenvalue weighted by molar-refractivity contribution is 7.13. The molecule has 0 atom stereocenters. The number of rotatable bonds is 3. The van der Waals surface area contributed by atoms with Crippen LogP contribution in [0.4, 0.5) is 5.13 Å². The highest BCUT2D eigenvalue weighted by Crippen LogP contribution is 2.37. The molecular weight excluding hydrogens is 308 g/mol. The fraction of sp³-hybridized carbons (Fsp3) is 0.333. The molecule has 21 heavy (non-hydrogen) atoms. The third kappa shape index (κ3) is 2.95. The molecule has 0 unspecified atom stereocenters. The van der Waals surface area contributed by atoms with E-state index in [1.807, 2.05) is 29.6 Å². The first-order valence-corrected chi connectivity index (χ1v) is 8.01. The van der Waals surface area contributed by atoms with E-state index in [4.69, 9.17) is 16.3 Å². The SMILES string of the molecule is O=C(Nc1nccs1)C1(c2cccc(Cl)c2)CCOCC1. The van der Waals surface area contributed by atoms with Gasteiger partial charge in [0, 0.05) is 29.8 Å². The largest absolute Gasteiger partial charge is 0.381 e. The number of halogens is 1. The minimum absolute atomic E-state index is 0.0389. The molecule has 1 fully saturated rings. The van der Waals surface area contributed by atoms with Crippen molar-refractivity contribution in [2.24, 2.45) is 0 Å². The zero-order chi connectivity index (χ0) is 14.7. The van der Waals surface area contributed by atoms with Gasteiger partial charge in [0.05, 0.1) is 5.41 Å². The Morgan fingerprint density at radius 2 is 2.19 bits per heavy atom. The van der Waals surface area contributed by atoms with Crippen LogP contribution in [0.3, 0.4) is 0 Å². The fourth-order valence-corrected chi connectivity index (χ4v) is 3.37. The van der Waals surface area contributed by atoms with E-state index in [2.05, 4.69) is 10.3 Å². The van der Waals surface area contributed by atoms with Crippen LogP contribution in [0.15, 0.2) is 35.8 Å². The van der Waals surface area contributed by atoms with E-state index < -0.39 is 5.41 Å². The Bertz CT molecular complexity index is 624. The molecule has 0 radical (unpaired) electrons. The summed E-state index contributed by atoms with van der Waals surface area (Å²) in [6.45, 7) is 1.13. The topological polar surface area (TPSA) is 51.2 Å². The Labute approximate surface area is 132 Å². The van der Waals surface area contributed by atoms with Crippen molar-refractivity contribution in [3.05, 3.63) is 46.4 Å². The van der Waals surface area contributed by atoms with Gasteiger partial charge in [0.15, 0.2) is 5.13 Å². The lowest BCUT2D eigenvalue weighted by Crippen LogP contribution is -2.44.